The Morgan fingerprint density at radius 2 is 2.35 bits per heavy atom. The molecular formula is C14H20N6. The summed E-state index contributed by atoms with van der Waals surface area (Å²) in [5.41, 5.74) is 0. The summed E-state index contributed by atoms with van der Waals surface area (Å²) in [5, 5.41) is 11.7. The highest BCUT2D eigenvalue weighted by Gasteiger charge is 2.25. The second-order valence-electron chi connectivity index (χ2n) is 5.16. The van der Waals surface area contributed by atoms with Crippen molar-refractivity contribution in [2.75, 3.05) is 18.0 Å². The molecule has 3 rings (SSSR count). The van der Waals surface area contributed by atoms with Crippen molar-refractivity contribution in [2.24, 2.45) is 7.05 Å². The summed E-state index contributed by atoms with van der Waals surface area (Å²) in [4.78, 5) is 6.67. The molecule has 0 spiro atoms. The molecule has 106 valence electrons. The zero-order chi connectivity index (χ0) is 13.8. The number of anilines is 1. The zero-order valence-corrected chi connectivity index (χ0v) is 11.7. The van der Waals surface area contributed by atoms with Crippen LogP contribution in [0.5, 0.6) is 0 Å². The maximum Gasteiger partial charge on any atom is 0.151 e. The van der Waals surface area contributed by atoms with Crippen LogP contribution in [0, 0.1) is 0 Å². The Morgan fingerprint density at radius 3 is 3.10 bits per heavy atom. The van der Waals surface area contributed by atoms with E-state index in [0.29, 0.717) is 6.04 Å². The van der Waals surface area contributed by atoms with Crippen molar-refractivity contribution in [1.82, 2.24) is 25.1 Å². The van der Waals surface area contributed by atoms with Crippen LogP contribution in [0.3, 0.4) is 0 Å². The van der Waals surface area contributed by atoms with Gasteiger partial charge in [0.05, 0.1) is 6.54 Å². The monoisotopic (exact) mass is 272 g/mol. The summed E-state index contributed by atoms with van der Waals surface area (Å²) < 4.78 is 2.04. The van der Waals surface area contributed by atoms with E-state index in [1.54, 1.807) is 6.20 Å². The van der Waals surface area contributed by atoms with E-state index in [2.05, 4.69) is 25.4 Å². The van der Waals surface area contributed by atoms with Gasteiger partial charge in [0.15, 0.2) is 5.82 Å². The van der Waals surface area contributed by atoms with Crippen molar-refractivity contribution in [3.8, 4) is 0 Å². The summed E-state index contributed by atoms with van der Waals surface area (Å²) >= 11 is 0. The van der Waals surface area contributed by atoms with Crippen molar-refractivity contribution in [2.45, 2.75) is 25.4 Å². The van der Waals surface area contributed by atoms with Gasteiger partial charge in [-0.1, -0.05) is 0 Å². The van der Waals surface area contributed by atoms with E-state index >= 15 is 0 Å². The van der Waals surface area contributed by atoms with Gasteiger partial charge in [0, 0.05) is 44.8 Å². The molecule has 6 heteroatoms. The van der Waals surface area contributed by atoms with Crippen LogP contribution in [0.2, 0.25) is 0 Å². The van der Waals surface area contributed by atoms with E-state index in [0.717, 1.165) is 31.3 Å². The fourth-order valence-corrected chi connectivity index (χ4v) is 2.71. The van der Waals surface area contributed by atoms with Gasteiger partial charge < -0.3 is 14.8 Å². The Hall–Kier alpha value is -1.95. The number of nitrogens with zero attached hydrogens (tertiary/aromatic N) is 5. The predicted molar refractivity (Wildman–Crippen MR) is 77.3 cm³/mol. The third-order valence-corrected chi connectivity index (χ3v) is 3.81. The molecule has 1 aliphatic rings. The molecule has 0 aliphatic carbocycles. The van der Waals surface area contributed by atoms with Gasteiger partial charge in [-0.25, -0.2) is 4.98 Å². The van der Waals surface area contributed by atoms with Crippen molar-refractivity contribution >= 4 is 5.82 Å². The smallest absolute Gasteiger partial charge is 0.151 e. The third-order valence-electron chi connectivity index (χ3n) is 3.81. The van der Waals surface area contributed by atoms with Crippen LogP contribution >= 0.6 is 0 Å². The molecular weight excluding hydrogens is 252 g/mol. The highest BCUT2D eigenvalue weighted by molar-refractivity contribution is 5.39. The second-order valence-corrected chi connectivity index (χ2v) is 5.16. The van der Waals surface area contributed by atoms with Crippen molar-refractivity contribution in [3.05, 3.63) is 36.5 Å². The maximum absolute atomic E-state index is 4.32. The predicted octanol–water partition coefficient (Wildman–Crippen LogP) is 0.969. The lowest BCUT2D eigenvalue weighted by atomic mass is 10.2. The highest BCUT2D eigenvalue weighted by Crippen LogP contribution is 2.22. The summed E-state index contributed by atoms with van der Waals surface area (Å²) in [6.07, 6.45) is 7.93. The SMILES string of the molecule is Cn1ccnc1CNC[C@@H]1CCCN1c1cccnn1. The molecule has 0 amide bonds. The van der Waals surface area contributed by atoms with Gasteiger partial charge in [0.1, 0.15) is 5.82 Å². The molecule has 0 unspecified atom stereocenters. The van der Waals surface area contributed by atoms with Gasteiger partial charge in [-0.3, -0.25) is 0 Å². The van der Waals surface area contributed by atoms with Gasteiger partial charge in [0.2, 0.25) is 0 Å². The second kappa shape index (κ2) is 6.00. The molecule has 1 saturated heterocycles. The van der Waals surface area contributed by atoms with Crippen LogP contribution in [0.25, 0.3) is 0 Å². The summed E-state index contributed by atoms with van der Waals surface area (Å²) in [6.45, 7) is 2.81. The number of imidazole rings is 1. The number of aryl methyl sites for hydroxylation is 1. The Morgan fingerprint density at radius 1 is 1.40 bits per heavy atom. The maximum atomic E-state index is 4.32. The Bertz CT molecular complexity index is 538. The highest BCUT2D eigenvalue weighted by atomic mass is 15.3. The molecule has 2 aromatic heterocycles. The van der Waals surface area contributed by atoms with Gasteiger partial charge in [-0.15, -0.1) is 5.10 Å². The number of rotatable bonds is 5. The van der Waals surface area contributed by atoms with Crippen molar-refractivity contribution in [3.63, 3.8) is 0 Å². The van der Waals surface area contributed by atoms with E-state index < -0.39 is 0 Å². The first-order chi connectivity index (χ1) is 9.84. The summed E-state index contributed by atoms with van der Waals surface area (Å²) in [5.74, 6) is 2.04. The van der Waals surface area contributed by atoms with Crippen LogP contribution in [-0.4, -0.2) is 38.9 Å². The first kappa shape index (κ1) is 13.1. The lowest BCUT2D eigenvalue weighted by molar-refractivity contribution is 0.553. The van der Waals surface area contributed by atoms with Gasteiger partial charge in [-0.05, 0) is 25.0 Å². The van der Waals surface area contributed by atoms with Gasteiger partial charge in [0.25, 0.3) is 0 Å². The minimum absolute atomic E-state index is 0.493. The van der Waals surface area contributed by atoms with E-state index in [-0.39, 0.29) is 0 Å². The third kappa shape index (κ3) is 2.80. The lowest BCUT2D eigenvalue weighted by Gasteiger charge is -2.25. The van der Waals surface area contributed by atoms with Gasteiger partial charge in [-0.2, -0.15) is 5.10 Å². The Balaban J connectivity index is 1.56. The molecule has 0 bridgehead atoms. The van der Waals surface area contributed by atoms with E-state index in [4.69, 9.17) is 0 Å². The topological polar surface area (TPSA) is 58.9 Å². The van der Waals surface area contributed by atoms with E-state index in [1.165, 1.54) is 12.8 Å². The molecule has 1 aliphatic heterocycles. The number of hydrogen-bond donors (Lipinski definition) is 1. The molecule has 1 atom stereocenters. The van der Waals surface area contributed by atoms with E-state index in [1.807, 2.05) is 36.1 Å². The minimum atomic E-state index is 0.493. The van der Waals surface area contributed by atoms with Crippen LogP contribution in [0.1, 0.15) is 18.7 Å². The number of hydrogen-bond acceptors (Lipinski definition) is 5. The first-order valence-electron chi connectivity index (χ1n) is 7.06. The quantitative estimate of drug-likeness (QED) is 0.879. The van der Waals surface area contributed by atoms with Gasteiger partial charge >= 0.3 is 0 Å². The molecule has 1 fully saturated rings. The number of nitrogens with one attached hydrogen (secondary N) is 1. The average molecular weight is 272 g/mol. The van der Waals surface area contributed by atoms with E-state index in [9.17, 15) is 0 Å². The lowest BCUT2D eigenvalue weighted by Crippen LogP contribution is -2.38. The largest absolute Gasteiger partial charge is 0.351 e. The van der Waals surface area contributed by atoms with Crippen molar-refractivity contribution < 1.29 is 0 Å². The van der Waals surface area contributed by atoms with Crippen LogP contribution < -0.4 is 10.2 Å². The molecule has 0 radical (unpaired) electrons. The van der Waals surface area contributed by atoms with Crippen LogP contribution in [-0.2, 0) is 13.6 Å². The molecule has 20 heavy (non-hydrogen) atoms. The molecule has 3 heterocycles. The Kier molecular flexibility index (Phi) is 3.92. The van der Waals surface area contributed by atoms with Crippen LogP contribution in [0.4, 0.5) is 5.82 Å². The summed E-state index contributed by atoms with van der Waals surface area (Å²) in [6, 6.07) is 4.47. The molecule has 0 saturated carbocycles. The zero-order valence-electron chi connectivity index (χ0n) is 11.7. The minimum Gasteiger partial charge on any atom is -0.351 e. The molecule has 6 nitrogen and oxygen atoms in total. The number of aromatic nitrogens is 4. The normalized spacial score (nSPS) is 18.6. The fraction of sp³-hybridized carbons (Fsp3) is 0.500. The molecule has 1 N–H and O–H groups in total. The molecule has 2 aromatic rings. The standard InChI is InChI=1S/C14H20N6/c1-19-9-7-16-14(19)11-15-10-12-4-3-8-20(12)13-5-2-6-17-18-13/h2,5-7,9,12,15H,3-4,8,10-11H2,1H3/t12-/m0/s1. The fourth-order valence-electron chi connectivity index (χ4n) is 2.71. The summed E-state index contributed by atoms with van der Waals surface area (Å²) in [7, 11) is 2.02. The van der Waals surface area contributed by atoms with Crippen LogP contribution in [0.15, 0.2) is 30.7 Å². The van der Waals surface area contributed by atoms with Crippen molar-refractivity contribution in [1.29, 1.82) is 0 Å². The molecule has 0 aromatic carbocycles. The average Bonchev–Trinajstić information content (AvgIpc) is 3.10. The first-order valence-corrected chi connectivity index (χ1v) is 7.06. The Labute approximate surface area is 118 Å².